The third-order valence-corrected chi connectivity index (χ3v) is 2.74. The lowest BCUT2D eigenvalue weighted by atomic mass is 10.3. The highest BCUT2D eigenvalue weighted by Gasteiger charge is 2.03. The van der Waals surface area contributed by atoms with E-state index in [1.54, 1.807) is 11.3 Å². The number of rotatable bonds is 4. The molecule has 0 aliphatic rings. The van der Waals surface area contributed by atoms with Gasteiger partial charge in [0.15, 0.2) is 5.82 Å². The Morgan fingerprint density at radius 2 is 2.43 bits per heavy atom. The molecular formula is C9H12N4S. The monoisotopic (exact) mass is 208 g/mol. The van der Waals surface area contributed by atoms with Crippen molar-refractivity contribution in [2.75, 3.05) is 6.54 Å². The van der Waals surface area contributed by atoms with Crippen molar-refractivity contribution in [3.8, 4) is 0 Å². The van der Waals surface area contributed by atoms with Crippen molar-refractivity contribution in [2.24, 2.45) is 5.73 Å². The number of nitrogens with two attached hydrogens (primary N) is 1. The quantitative estimate of drug-likeness (QED) is 0.786. The van der Waals surface area contributed by atoms with Crippen LogP contribution in [0.4, 0.5) is 0 Å². The fourth-order valence-corrected chi connectivity index (χ4v) is 1.94. The second kappa shape index (κ2) is 4.34. The van der Waals surface area contributed by atoms with Gasteiger partial charge in [-0.05, 0) is 18.0 Å². The molecule has 14 heavy (non-hydrogen) atoms. The van der Waals surface area contributed by atoms with Gasteiger partial charge in [-0.3, -0.25) is 5.10 Å². The van der Waals surface area contributed by atoms with Crippen LogP contribution in [-0.2, 0) is 12.8 Å². The van der Waals surface area contributed by atoms with Crippen LogP contribution in [0.3, 0.4) is 0 Å². The van der Waals surface area contributed by atoms with Gasteiger partial charge >= 0.3 is 0 Å². The average Bonchev–Trinajstić information content (AvgIpc) is 2.79. The Morgan fingerprint density at radius 3 is 3.14 bits per heavy atom. The van der Waals surface area contributed by atoms with Crippen molar-refractivity contribution >= 4 is 11.3 Å². The van der Waals surface area contributed by atoms with Crippen molar-refractivity contribution in [1.29, 1.82) is 0 Å². The van der Waals surface area contributed by atoms with Gasteiger partial charge in [0.25, 0.3) is 0 Å². The highest BCUT2D eigenvalue weighted by atomic mass is 32.1. The number of aromatic nitrogens is 3. The summed E-state index contributed by atoms with van der Waals surface area (Å²) >= 11 is 1.73. The Bertz CT molecular complexity index is 379. The molecule has 0 saturated carbocycles. The van der Waals surface area contributed by atoms with Crippen molar-refractivity contribution < 1.29 is 0 Å². The van der Waals surface area contributed by atoms with Gasteiger partial charge in [-0.15, -0.1) is 11.3 Å². The Balaban J connectivity index is 2.03. The number of thiophene rings is 1. The van der Waals surface area contributed by atoms with Crippen molar-refractivity contribution in [1.82, 2.24) is 15.2 Å². The van der Waals surface area contributed by atoms with Crippen LogP contribution in [0.5, 0.6) is 0 Å². The number of H-pyrrole nitrogens is 1. The van der Waals surface area contributed by atoms with Crippen LogP contribution in [0.25, 0.3) is 0 Å². The first-order chi connectivity index (χ1) is 6.88. The SMILES string of the molecule is NCCc1n[nH]c(Cc2cccs2)n1. The molecule has 74 valence electrons. The summed E-state index contributed by atoms with van der Waals surface area (Å²) in [6.07, 6.45) is 1.57. The van der Waals surface area contributed by atoms with Crippen LogP contribution in [-0.4, -0.2) is 21.7 Å². The summed E-state index contributed by atoms with van der Waals surface area (Å²) in [4.78, 5) is 5.63. The molecule has 3 N–H and O–H groups in total. The predicted molar refractivity (Wildman–Crippen MR) is 56.3 cm³/mol. The molecule has 2 heterocycles. The molecule has 2 rings (SSSR count). The number of nitrogens with one attached hydrogen (secondary N) is 1. The van der Waals surface area contributed by atoms with E-state index in [2.05, 4.69) is 26.6 Å². The highest BCUT2D eigenvalue weighted by Crippen LogP contribution is 2.11. The third-order valence-electron chi connectivity index (χ3n) is 1.87. The molecule has 0 fully saturated rings. The second-order valence-corrected chi connectivity index (χ2v) is 4.03. The first-order valence-corrected chi connectivity index (χ1v) is 5.39. The summed E-state index contributed by atoms with van der Waals surface area (Å²) in [6, 6.07) is 4.13. The van der Waals surface area contributed by atoms with Gasteiger partial charge in [-0.1, -0.05) is 6.07 Å². The maximum Gasteiger partial charge on any atom is 0.151 e. The number of nitrogens with zero attached hydrogens (tertiary/aromatic N) is 2. The molecular weight excluding hydrogens is 196 g/mol. The van der Waals surface area contributed by atoms with Crippen LogP contribution in [0.1, 0.15) is 16.5 Å². The van der Waals surface area contributed by atoms with E-state index >= 15 is 0 Å². The lowest BCUT2D eigenvalue weighted by Crippen LogP contribution is -2.04. The van der Waals surface area contributed by atoms with Gasteiger partial charge in [0.1, 0.15) is 5.82 Å². The van der Waals surface area contributed by atoms with Gasteiger partial charge in [-0.2, -0.15) is 5.10 Å². The van der Waals surface area contributed by atoms with E-state index in [0.717, 1.165) is 24.5 Å². The van der Waals surface area contributed by atoms with Gasteiger partial charge in [0.05, 0.1) is 0 Å². The molecule has 2 aromatic heterocycles. The zero-order valence-electron chi connectivity index (χ0n) is 7.73. The molecule has 0 atom stereocenters. The van der Waals surface area contributed by atoms with Crippen LogP contribution in [0.15, 0.2) is 17.5 Å². The van der Waals surface area contributed by atoms with Crippen LogP contribution in [0.2, 0.25) is 0 Å². The van der Waals surface area contributed by atoms with Gasteiger partial charge in [0, 0.05) is 17.7 Å². The fraction of sp³-hybridized carbons (Fsp3) is 0.333. The first kappa shape index (κ1) is 9.36. The molecule has 0 bridgehead atoms. The summed E-state index contributed by atoms with van der Waals surface area (Å²) in [5.41, 5.74) is 5.41. The molecule has 0 amide bonds. The summed E-state index contributed by atoms with van der Waals surface area (Å²) in [6.45, 7) is 0.594. The van der Waals surface area contributed by atoms with Gasteiger partial charge < -0.3 is 5.73 Å². The number of hydrogen-bond acceptors (Lipinski definition) is 4. The van der Waals surface area contributed by atoms with E-state index < -0.39 is 0 Å². The van der Waals surface area contributed by atoms with E-state index in [-0.39, 0.29) is 0 Å². The Labute approximate surface area is 86.2 Å². The zero-order chi connectivity index (χ0) is 9.80. The maximum absolute atomic E-state index is 5.41. The Morgan fingerprint density at radius 1 is 1.50 bits per heavy atom. The lowest BCUT2D eigenvalue weighted by molar-refractivity contribution is 0.874. The second-order valence-electron chi connectivity index (χ2n) is 2.99. The standard InChI is InChI=1S/C9H12N4S/c10-4-3-8-11-9(13-12-8)6-7-2-1-5-14-7/h1-2,5H,3-4,6,10H2,(H,11,12,13). The van der Waals surface area contributed by atoms with Crippen molar-refractivity contribution in [3.05, 3.63) is 34.0 Å². The number of aromatic amines is 1. The molecule has 0 spiro atoms. The zero-order valence-corrected chi connectivity index (χ0v) is 8.55. The average molecular weight is 208 g/mol. The first-order valence-electron chi connectivity index (χ1n) is 4.51. The molecule has 0 aliphatic heterocycles. The van der Waals surface area contributed by atoms with Crippen LogP contribution >= 0.6 is 11.3 Å². The van der Waals surface area contributed by atoms with Crippen LogP contribution in [0, 0.1) is 0 Å². The minimum absolute atomic E-state index is 0.594. The minimum Gasteiger partial charge on any atom is -0.330 e. The van der Waals surface area contributed by atoms with E-state index in [9.17, 15) is 0 Å². The van der Waals surface area contributed by atoms with Crippen molar-refractivity contribution in [3.63, 3.8) is 0 Å². The van der Waals surface area contributed by atoms with E-state index in [1.807, 2.05) is 6.07 Å². The van der Waals surface area contributed by atoms with E-state index in [0.29, 0.717) is 6.54 Å². The largest absolute Gasteiger partial charge is 0.330 e. The Kier molecular flexibility index (Phi) is 2.90. The molecule has 2 aromatic rings. The molecule has 0 aromatic carbocycles. The molecule has 0 unspecified atom stereocenters. The number of hydrogen-bond donors (Lipinski definition) is 2. The van der Waals surface area contributed by atoms with Gasteiger partial charge in [-0.25, -0.2) is 4.98 Å². The summed E-state index contributed by atoms with van der Waals surface area (Å²) in [7, 11) is 0. The highest BCUT2D eigenvalue weighted by molar-refractivity contribution is 7.09. The van der Waals surface area contributed by atoms with Crippen LogP contribution < -0.4 is 5.73 Å². The van der Waals surface area contributed by atoms with E-state index in [1.165, 1.54) is 4.88 Å². The summed E-state index contributed by atoms with van der Waals surface area (Å²) in [5, 5.41) is 9.06. The molecule has 0 aliphatic carbocycles. The topological polar surface area (TPSA) is 67.6 Å². The molecule has 5 heteroatoms. The normalized spacial score (nSPS) is 10.6. The molecule has 0 radical (unpaired) electrons. The summed E-state index contributed by atoms with van der Waals surface area (Å²) in [5.74, 6) is 1.72. The summed E-state index contributed by atoms with van der Waals surface area (Å²) < 4.78 is 0. The fourth-order valence-electron chi connectivity index (χ4n) is 1.23. The smallest absolute Gasteiger partial charge is 0.151 e. The Hall–Kier alpha value is -1.20. The maximum atomic E-state index is 5.41. The third kappa shape index (κ3) is 2.18. The van der Waals surface area contributed by atoms with Crippen molar-refractivity contribution in [2.45, 2.75) is 12.8 Å². The van der Waals surface area contributed by atoms with E-state index in [4.69, 9.17) is 5.73 Å². The predicted octanol–water partition coefficient (Wildman–Crippen LogP) is 0.958. The lowest BCUT2D eigenvalue weighted by Gasteiger charge is -1.90. The minimum atomic E-state index is 0.594. The van der Waals surface area contributed by atoms with Gasteiger partial charge in [0.2, 0.25) is 0 Å². The molecule has 4 nitrogen and oxygen atoms in total. The molecule has 0 saturated heterocycles.